The predicted molar refractivity (Wildman–Crippen MR) is 66.7 cm³/mol. The molecule has 0 aromatic heterocycles. The first-order valence-electron chi connectivity index (χ1n) is 6.22. The van der Waals surface area contributed by atoms with Crippen molar-refractivity contribution >= 4 is 0 Å². The highest BCUT2D eigenvalue weighted by molar-refractivity contribution is 5.18. The third-order valence-electron chi connectivity index (χ3n) is 3.31. The van der Waals surface area contributed by atoms with Crippen molar-refractivity contribution in [3.8, 4) is 0 Å². The van der Waals surface area contributed by atoms with Crippen LogP contribution < -0.4 is 5.32 Å². The van der Waals surface area contributed by atoms with E-state index in [9.17, 15) is 0 Å². The van der Waals surface area contributed by atoms with E-state index in [4.69, 9.17) is 4.74 Å². The Morgan fingerprint density at radius 1 is 1.38 bits per heavy atom. The molecule has 1 fully saturated rings. The maximum absolute atomic E-state index is 5.34. The summed E-state index contributed by atoms with van der Waals surface area (Å²) in [6, 6.07) is 11.3. The maximum atomic E-state index is 5.34. The molecule has 2 heteroatoms. The van der Waals surface area contributed by atoms with Crippen LogP contribution in [0.4, 0.5) is 0 Å². The SMILES string of the molecule is CC(CCNC1CCOC1)c1ccccc1. The zero-order valence-electron chi connectivity index (χ0n) is 9.99. The van der Waals surface area contributed by atoms with E-state index >= 15 is 0 Å². The molecular weight excluding hydrogens is 198 g/mol. The van der Waals surface area contributed by atoms with Crippen LogP contribution in [0, 0.1) is 0 Å². The Kier molecular flexibility index (Phi) is 4.37. The Labute approximate surface area is 98.0 Å². The van der Waals surface area contributed by atoms with Gasteiger partial charge in [-0.25, -0.2) is 0 Å². The van der Waals surface area contributed by atoms with Crippen LogP contribution in [0.15, 0.2) is 30.3 Å². The van der Waals surface area contributed by atoms with Gasteiger partial charge in [0.25, 0.3) is 0 Å². The fraction of sp³-hybridized carbons (Fsp3) is 0.571. The van der Waals surface area contributed by atoms with Gasteiger partial charge in [-0.05, 0) is 30.9 Å². The molecule has 1 aromatic rings. The number of hydrogen-bond acceptors (Lipinski definition) is 2. The monoisotopic (exact) mass is 219 g/mol. The summed E-state index contributed by atoms with van der Waals surface area (Å²) >= 11 is 0. The molecule has 0 radical (unpaired) electrons. The summed E-state index contributed by atoms with van der Waals surface area (Å²) in [6.45, 7) is 5.19. The second-order valence-electron chi connectivity index (χ2n) is 4.62. The zero-order chi connectivity index (χ0) is 11.2. The lowest BCUT2D eigenvalue weighted by Gasteiger charge is -2.14. The first-order chi connectivity index (χ1) is 7.86. The molecular formula is C14H21NO. The van der Waals surface area contributed by atoms with Gasteiger partial charge in [-0.2, -0.15) is 0 Å². The van der Waals surface area contributed by atoms with Crippen molar-refractivity contribution in [3.05, 3.63) is 35.9 Å². The normalized spacial score (nSPS) is 22.2. The second kappa shape index (κ2) is 6.02. The van der Waals surface area contributed by atoms with Crippen LogP contribution in [0.3, 0.4) is 0 Å². The van der Waals surface area contributed by atoms with Crippen molar-refractivity contribution in [1.82, 2.24) is 5.32 Å². The zero-order valence-corrected chi connectivity index (χ0v) is 9.99. The van der Waals surface area contributed by atoms with Crippen LogP contribution >= 0.6 is 0 Å². The molecule has 1 aliphatic rings. The Morgan fingerprint density at radius 2 is 2.19 bits per heavy atom. The highest BCUT2D eigenvalue weighted by Crippen LogP contribution is 2.17. The predicted octanol–water partition coefficient (Wildman–Crippen LogP) is 2.56. The lowest BCUT2D eigenvalue weighted by molar-refractivity contribution is 0.190. The molecule has 0 aliphatic carbocycles. The van der Waals surface area contributed by atoms with Crippen LogP contribution in [-0.2, 0) is 4.74 Å². The first-order valence-corrected chi connectivity index (χ1v) is 6.22. The summed E-state index contributed by atoms with van der Waals surface area (Å²) < 4.78 is 5.34. The molecule has 1 aliphatic heterocycles. The van der Waals surface area contributed by atoms with Gasteiger partial charge in [0.15, 0.2) is 0 Å². The molecule has 1 N–H and O–H groups in total. The van der Waals surface area contributed by atoms with Crippen LogP contribution in [0.1, 0.15) is 31.2 Å². The highest BCUT2D eigenvalue weighted by atomic mass is 16.5. The van der Waals surface area contributed by atoms with Gasteiger partial charge in [0.2, 0.25) is 0 Å². The number of nitrogens with one attached hydrogen (secondary N) is 1. The molecule has 0 spiro atoms. The van der Waals surface area contributed by atoms with Crippen molar-refractivity contribution in [1.29, 1.82) is 0 Å². The molecule has 1 aromatic carbocycles. The van der Waals surface area contributed by atoms with Crippen molar-refractivity contribution in [2.24, 2.45) is 0 Å². The summed E-state index contributed by atoms with van der Waals surface area (Å²) in [6.07, 6.45) is 2.36. The summed E-state index contributed by atoms with van der Waals surface area (Å²) in [5, 5.41) is 3.56. The van der Waals surface area contributed by atoms with Gasteiger partial charge in [-0.15, -0.1) is 0 Å². The standard InChI is InChI=1S/C14H21NO/c1-12(13-5-3-2-4-6-13)7-9-15-14-8-10-16-11-14/h2-6,12,14-15H,7-11H2,1H3. The van der Waals surface area contributed by atoms with Crippen molar-refractivity contribution in [2.75, 3.05) is 19.8 Å². The summed E-state index contributed by atoms with van der Waals surface area (Å²) in [4.78, 5) is 0. The van der Waals surface area contributed by atoms with Crippen molar-refractivity contribution < 1.29 is 4.74 Å². The first kappa shape index (κ1) is 11.6. The quantitative estimate of drug-likeness (QED) is 0.821. The van der Waals surface area contributed by atoms with E-state index in [1.165, 1.54) is 18.4 Å². The van der Waals surface area contributed by atoms with Gasteiger partial charge in [0.05, 0.1) is 6.61 Å². The summed E-state index contributed by atoms with van der Waals surface area (Å²) in [5.41, 5.74) is 1.44. The lowest BCUT2D eigenvalue weighted by Crippen LogP contribution is -2.30. The summed E-state index contributed by atoms with van der Waals surface area (Å²) in [5.74, 6) is 0.635. The fourth-order valence-electron chi connectivity index (χ4n) is 2.15. The number of rotatable bonds is 5. The molecule has 2 atom stereocenters. The van der Waals surface area contributed by atoms with Crippen LogP contribution in [-0.4, -0.2) is 25.8 Å². The van der Waals surface area contributed by atoms with Gasteiger partial charge in [-0.1, -0.05) is 37.3 Å². The van der Waals surface area contributed by atoms with E-state index in [1.807, 2.05) is 0 Å². The molecule has 0 bridgehead atoms. The van der Waals surface area contributed by atoms with E-state index in [-0.39, 0.29) is 0 Å². The molecule has 88 valence electrons. The lowest BCUT2D eigenvalue weighted by atomic mass is 9.98. The second-order valence-corrected chi connectivity index (χ2v) is 4.62. The van der Waals surface area contributed by atoms with Gasteiger partial charge < -0.3 is 10.1 Å². The average molecular weight is 219 g/mol. The Balaban J connectivity index is 1.69. The van der Waals surface area contributed by atoms with E-state index in [1.54, 1.807) is 0 Å². The third-order valence-corrected chi connectivity index (χ3v) is 3.31. The van der Waals surface area contributed by atoms with E-state index in [0.29, 0.717) is 12.0 Å². The molecule has 1 heterocycles. The molecule has 16 heavy (non-hydrogen) atoms. The van der Waals surface area contributed by atoms with Crippen LogP contribution in [0.5, 0.6) is 0 Å². The minimum absolute atomic E-state index is 0.586. The number of benzene rings is 1. The topological polar surface area (TPSA) is 21.3 Å². The van der Waals surface area contributed by atoms with Gasteiger partial charge in [-0.3, -0.25) is 0 Å². The van der Waals surface area contributed by atoms with Crippen LogP contribution in [0.2, 0.25) is 0 Å². The minimum Gasteiger partial charge on any atom is -0.380 e. The molecule has 2 nitrogen and oxygen atoms in total. The molecule has 1 saturated heterocycles. The third kappa shape index (κ3) is 3.32. The largest absolute Gasteiger partial charge is 0.380 e. The highest BCUT2D eigenvalue weighted by Gasteiger charge is 2.14. The minimum atomic E-state index is 0.586. The van der Waals surface area contributed by atoms with E-state index in [0.717, 1.165) is 19.8 Å². The van der Waals surface area contributed by atoms with Crippen molar-refractivity contribution in [3.63, 3.8) is 0 Å². The fourth-order valence-corrected chi connectivity index (χ4v) is 2.15. The number of ether oxygens (including phenoxy) is 1. The Morgan fingerprint density at radius 3 is 2.88 bits per heavy atom. The Bertz CT molecular complexity index is 293. The number of hydrogen-bond donors (Lipinski definition) is 1. The maximum Gasteiger partial charge on any atom is 0.0620 e. The van der Waals surface area contributed by atoms with Crippen LogP contribution in [0.25, 0.3) is 0 Å². The van der Waals surface area contributed by atoms with E-state index < -0.39 is 0 Å². The molecule has 0 amide bonds. The molecule has 2 rings (SSSR count). The molecule has 2 unspecified atom stereocenters. The smallest absolute Gasteiger partial charge is 0.0620 e. The van der Waals surface area contributed by atoms with Gasteiger partial charge in [0, 0.05) is 12.6 Å². The Hall–Kier alpha value is -0.860. The van der Waals surface area contributed by atoms with Gasteiger partial charge >= 0.3 is 0 Å². The molecule has 0 saturated carbocycles. The van der Waals surface area contributed by atoms with Crippen molar-refractivity contribution in [2.45, 2.75) is 31.7 Å². The van der Waals surface area contributed by atoms with Gasteiger partial charge in [0.1, 0.15) is 0 Å². The van der Waals surface area contributed by atoms with E-state index in [2.05, 4.69) is 42.6 Å². The summed E-state index contributed by atoms with van der Waals surface area (Å²) in [7, 11) is 0. The average Bonchev–Trinajstić information content (AvgIpc) is 2.83.